The molecule has 0 aromatic carbocycles. The Hall–Kier alpha value is -0.790. The summed E-state index contributed by atoms with van der Waals surface area (Å²) in [5.41, 5.74) is 0. The standard InChI is InChI=1S/C13H22N2O4S/c1-2-8-3-5-14-9-7-10(20-19-12(8)9)13(18)15-6-4-11(16)17/h8-10,12,14H,2-7H2,1H3,(H,15,18)(H,16,17). The number of carbonyl (C=O) groups is 2. The molecule has 2 heterocycles. The third kappa shape index (κ3) is 3.86. The van der Waals surface area contributed by atoms with Crippen molar-refractivity contribution in [3.8, 4) is 0 Å². The Bertz CT molecular complexity index is 366. The third-order valence-corrected chi connectivity index (χ3v) is 4.96. The summed E-state index contributed by atoms with van der Waals surface area (Å²) in [4.78, 5) is 22.4. The topological polar surface area (TPSA) is 87.7 Å². The summed E-state index contributed by atoms with van der Waals surface area (Å²) >= 11 is 1.24. The van der Waals surface area contributed by atoms with E-state index in [1.165, 1.54) is 12.0 Å². The molecule has 1 amide bonds. The van der Waals surface area contributed by atoms with Gasteiger partial charge in [-0.1, -0.05) is 13.3 Å². The summed E-state index contributed by atoms with van der Waals surface area (Å²) < 4.78 is 5.82. The molecule has 7 heteroatoms. The van der Waals surface area contributed by atoms with Crippen LogP contribution in [0.3, 0.4) is 0 Å². The highest BCUT2D eigenvalue weighted by Crippen LogP contribution is 2.36. The van der Waals surface area contributed by atoms with Gasteiger partial charge in [-0.2, -0.15) is 0 Å². The van der Waals surface area contributed by atoms with Gasteiger partial charge in [0.05, 0.1) is 12.5 Å². The molecular formula is C13H22N2O4S. The Morgan fingerprint density at radius 2 is 2.30 bits per heavy atom. The van der Waals surface area contributed by atoms with E-state index in [2.05, 4.69) is 17.6 Å². The molecule has 4 unspecified atom stereocenters. The maximum Gasteiger partial charge on any atom is 0.305 e. The maximum absolute atomic E-state index is 12.0. The predicted molar refractivity (Wildman–Crippen MR) is 76.3 cm³/mol. The Balaban J connectivity index is 1.81. The summed E-state index contributed by atoms with van der Waals surface area (Å²) in [7, 11) is 0. The van der Waals surface area contributed by atoms with Gasteiger partial charge in [0.25, 0.3) is 0 Å². The lowest BCUT2D eigenvalue weighted by Crippen LogP contribution is -2.55. The lowest BCUT2D eigenvalue weighted by Gasteiger charge is -2.42. The lowest BCUT2D eigenvalue weighted by atomic mass is 9.85. The van der Waals surface area contributed by atoms with Gasteiger partial charge in [-0.15, -0.1) is 0 Å². The molecule has 0 bridgehead atoms. The van der Waals surface area contributed by atoms with Crippen molar-refractivity contribution in [1.29, 1.82) is 0 Å². The number of hydrogen-bond acceptors (Lipinski definition) is 5. The number of amides is 1. The van der Waals surface area contributed by atoms with Crippen LogP contribution in [0.2, 0.25) is 0 Å². The number of carboxylic acid groups (broad SMARTS) is 1. The molecular weight excluding hydrogens is 280 g/mol. The van der Waals surface area contributed by atoms with Gasteiger partial charge in [-0.05, 0) is 25.3 Å². The van der Waals surface area contributed by atoms with Crippen molar-refractivity contribution in [3.05, 3.63) is 0 Å². The molecule has 20 heavy (non-hydrogen) atoms. The molecule has 114 valence electrons. The van der Waals surface area contributed by atoms with Gasteiger partial charge in [-0.3, -0.25) is 9.59 Å². The Labute approximate surface area is 123 Å². The Kier molecular flexibility index (Phi) is 5.68. The predicted octanol–water partition coefficient (Wildman–Crippen LogP) is 0.771. The smallest absolute Gasteiger partial charge is 0.305 e. The molecule has 4 atom stereocenters. The van der Waals surface area contributed by atoms with E-state index in [4.69, 9.17) is 9.29 Å². The first kappa shape index (κ1) is 15.6. The van der Waals surface area contributed by atoms with Crippen LogP contribution in [0.1, 0.15) is 32.6 Å². The third-order valence-electron chi connectivity index (χ3n) is 3.99. The minimum absolute atomic E-state index is 0.0494. The van der Waals surface area contributed by atoms with E-state index < -0.39 is 5.97 Å². The minimum atomic E-state index is -0.905. The maximum atomic E-state index is 12.0. The largest absolute Gasteiger partial charge is 0.481 e. The molecule has 2 fully saturated rings. The van der Waals surface area contributed by atoms with E-state index in [1.807, 2.05) is 0 Å². The molecule has 0 aromatic rings. The summed E-state index contributed by atoms with van der Waals surface area (Å²) in [5, 5.41) is 14.4. The number of carbonyl (C=O) groups excluding carboxylic acids is 1. The molecule has 0 radical (unpaired) electrons. The second kappa shape index (κ2) is 7.28. The number of aliphatic carboxylic acids is 1. The Morgan fingerprint density at radius 3 is 3.00 bits per heavy atom. The first-order valence-electron chi connectivity index (χ1n) is 7.16. The highest BCUT2D eigenvalue weighted by atomic mass is 32.2. The minimum Gasteiger partial charge on any atom is -0.481 e. The van der Waals surface area contributed by atoms with Crippen LogP contribution >= 0.6 is 12.0 Å². The molecule has 2 rings (SSSR count). The van der Waals surface area contributed by atoms with Crippen LogP contribution in [0, 0.1) is 5.92 Å². The zero-order valence-corrected chi connectivity index (χ0v) is 12.4. The second-order valence-corrected chi connectivity index (χ2v) is 6.29. The van der Waals surface area contributed by atoms with E-state index >= 15 is 0 Å². The van der Waals surface area contributed by atoms with Gasteiger partial charge < -0.3 is 19.9 Å². The van der Waals surface area contributed by atoms with Crippen LogP contribution in [0.15, 0.2) is 0 Å². The SMILES string of the molecule is CCC1CCNC2CC(C(=O)NCCC(=O)O)SOC12. The number of carboxylic acids is 1. The Morgan fingerprint density at radius 1 is 1.50 bits per heavy atom. The van der Waals surface area contributed by atoms with Gasteiger partial charge in [-0.25, -0.2) is 0 Å². The van der Waals surface area contributed by atoms with Crippen molar-refractivity contribution in [3.63, 3.8) is 0 Å². The highest BCUT2D eigenvalue weighted by Gasteiger charge is 2.41. The van der Waals surface area contributed by atoms with Crippen molar-refractivity contribution < 1.29 is 18.9 Å². The number of rotatable bonds is 5. The lowest BCUT2D eigenvalue weighted by molar-refractivity contribution is -0.136. The molecule has 0 saturated carbocycles. The summed E-state index contributed by atoms with van der Waals surface area (Å²) in [5.74, 6) is -0.475. The number of nitrogens with one attached hydrogen (secondary N) is 2. The molecule has 2 aliphatic heterocycles. The van der Waals surface area contributed by atoms with Crippen LogP contribution in [0.4, 0.5) is 0 Å². The van der Waals surface area contributed by atoms with Crippen LogP contribution in [-0.2, 0) is 13.8 Å². The van der Waals surface area contributed by atoms with E-state index in [0.717, 1.165) is 25.8 Å². The van der Waals surface area contributed by atoms with Crippen LogP contribution in [-0.4, -0.2) is 47.5 Å². The fourth-order valence-corrected chi connectivity index (χ4v) is 3.83. The van der Waals surface area contributed by atoms with Gasteiger partial charge in [0.2, 0.25) is 5.91 Å². The van der Waals surface area contributed by atoms with Crippen LogP contribution in [0.5, 0.6) is 0 Å². The quantitative estimate of drug-likeness (QED) is 0.650. The summed E-state index contributed by atoms with van der Waals surface area (Å²) in [6, 6.07) is 0.227. The molecule has 6 nitrogen and oxygen atoms in total. The van der Waals surface area contributed by atoms with E-state index in [0.29, 0.717) is 5.92 Å². The summed E-state index contributed by atoms with van der Waals surface area (Å²) in [6.07, 6.45) is 3.09. The van der Waals surface area contributed by atoms with E-state index in [9.17, 15) is 9.59 Å². The average Bonchev–Trinajstić information content (AvgIpc) is 2.45. The van der Waals surface area contributed by atoms with Crippen molar-refractivity contribution in [2.75, 3.05) is 13.1 Å². The molecule has 2 aliphatic rings. The van der Waals surface area contributed by atoms with Crippen LogP contribution in [0.25, 0.3) is 0 Å². The monoisotopic (exact) mass is 302 g/mol. The molecule has 0 aliphatic carbocycles. The van der Waals surface area contributed by atoms with Gasteiger partial charge in [0.15, 0.2) is 0 Å². The fraction of sp³-hybridized carbons (Fsp3) is 0.846. The molecule has 2 saturated heterocycles. The first-order chi connectivity index (χ1) is 9.61. The zero-order valence-electron chi connectivity index (χ0n) is 11.6. The van der Waals surface area contributed by atoms with E-state index in [-0.39, 0.29) is 36.3 Å². The van der Waals surface area contributed by atoms with Gasteiger partial charge in [0.1, 0.15) is 5.25 Å². The zero-order chi connectivity index (χ0) is 14.5. The average molecular weight is 302 g/mol. The highest BCUT2D eigenvalue weighted by molar-refractivity contribution is 7.96. The van der Waals surface area contributed by atoms with Crippen molar-refractivity contribution >= 4 is 23.9 Å². The summed E-state index contributed by atoms with van der Waals surface area (Å²) in [6.45, 7) is 3.32. The second-order valence-electron chi connectivity index (χ2n) is 5.33. The van der Waals surface area contributed by atoms with Crippen molar-refractivity contribution in [2.24, 2.45) is 5.92 Å². The normalized spacial score (nSPS) is 33.2. The first-order valence-corrected chi connectivity index (χ1v) is 7.97. The van der Waals surface area contributed by atoms with Gasteiger partial charge in [0, 0.05) is 24.6 Å². The van der Waals surface area contributed by atoms with Gasteiger partial charge >= 0.3 is 5.97 Å². The number of fused-ring (bicyclic) bond motifs is 1. The van der Waals surface area contributed by atoms with Crippen molar-refractivity contribution in [2.45, 2.75) is 50.0 Å². The van der Waals surface area contributed by atoms with Crippen molar-refractivity contribution in [1.82, 2.24) is 10.6 Å². The number of piperidine rings is 1. The fourth-order valence-electron chi connectivity index (χ4n) is 2.82. The van der Waals surface area contributed by atoms with Crippen LogP contribution < -0.4 is 10.6 Å². The molecule has 0 aromatic heterocycles. The number of hydrogen-bond donors (Lipinski definition) is 3. The molecule has 0 spiro atoms. The molecule has 3 N–H and O–H groups in total. The van der Waals surface area contributed by atoms with E-state index in [1.54, 1.807) is 0 Å².